The normalized spacial score (nSPS) is 31.5. The lowest BCUT2D eigenvalue weighted by Gasteiger charge is -2.37. The Balaban J connectivity index is 2.28. The van der Waals surface area contributed by atoms with Crippen molar-refractivity contribution in [2.45, 2.75) is 31.5 Å². The zero-order valence-corrected chi connectivity index (χ0v) is 9.52. The fourth-order valence-electron chi connectivity index (χ4n) is 2.17. The lowest BCUT2D eigenvalue weighted by atomic mass is 9.83. The maximum atomic E-state index is 13.4. The van der Waals surface area contributed by atoms with E-state index in [1.165, 1.54) is 0 Å². The van der Waals surface area contributed by atoms with Crippen LogP contribution in [0.1, 0.15) is 25.3 Å². The van der Waals surface area contributed by atoms with Crippen LogP contribution >= 0.6 is 11.6 Å². The first-order chi connectivity index (χ1) is 7.10. The van der Waals surface area contributed by atoms with Crippen LogP contribution < -0.4 is 5.32 Å². The van der Waals surface area contributed by atoms with Crippen LogP contribution in [0.5, 0.6) is 0 Å². The summed E-state index contributed by atoms with van der Waals surface area (Å²) in [5.74, 6) is 0. The maximum absolute atomic E-state index is 13.4. The zero-order valence-electron chi connectivity index (χ0n) is 8.76. The average molecular weight is 228 g/mol. The summed E-state index contributed by atoms with van der Waals surface area (Å²) in [7, 11) is 0. The average Bonchev–Trinajstić information content (AvgIpc) is 2.17. The topological polar surface area (TPSA) is 12.0 Å². The Morgan fingerprint density at radius 1 is 1.53 bits per heavy atom. The van der Waals surface area contributed by atoms with Gasteiger partial charge in [-0.1, -0.05) is 23.7 Å². The van der Waals surface area contributed by atoms with Crippen LogP contribution in [0.3, 0.4) is 0 Å². The first-order valence-corrected chi connectivity index (χ1v) is 5.63. The Morgan fingerprint density at radius 3 is 3.00 bits per heavy atom. The molecule has 1 fully saturated rings. The SMILES string of the molecule is CC1(c2cccc(Cl)c2)CC(F)CCN1. The summed E-state index contributed by atoms with van der Waals surface area (Å²) < 4.78 is 13.4. The van der Waals surface area contributed by atoms with Crippen molar-refractivity contribution in [3.05, 3.63) is 34.9 Å². The van der Waals surface area contributed by atoms with Crippen LogP contribution in [0.4, 0.5) is 4.39 Å². The van der Waals surface area contributed by atoms with E-state index in [0.717, 1.165) is 12.1 Å². The largest absolute Gasteiger partial charge is 0.307 e. The number of nitrogens with one attached hydrogen (secondary N) is 1. The Labute approximate surface area is 94.6 Å². The Bertz CT molecular complexity index is 355. The second-order valence-corrected chi connectivity index (χ2v) is 4.80. The second-order valence-electron chi connectivity index (χ2n) is 4.36. The number of benzene rings is 1. The molecule has 2 atom stereocenters. The summed E-state index contributed by atoms with van der Waals surface area (Å²) in [5, 5.41) is 4.08. The predicted molar refractivity (Wildman–Crippen MR) is 60.9 cm³/mol. The Hall–Kier alpha value is -0.600. The van der Waals surface area contributed by atoms with E-state index in [1.54, 1.807) is 0 Å². The van der Waals surface area contributed by atoms with E-state index in [4.69, 9.17) is 11.6 Å². The van der Waals surface area contributed by atoms with Crippen molar-refractivity contribution in [3.63, 3.8) is 0 Å². The molecule has 0 saturated carbocycles. The molecule has 2 unspecified atom stereocenters. The van der Waals surface area contributed by atoms with Crippen molar-refractivity contribution >= 4 is 11.6 Å². The summed E-state index contributed by atoms with van der Waals surface area (Å²) in [4.78, 5) is 0. The van der Waals surface area contributed by atoms with E-state index in [2.05, 4.69) is 5.32 Å². The molecule has 1 aliphatic heterocycles. The summed E-state index contributed by atoms with van der Waals surface area (Å²) >= 11 is 5.94. The lowest BCUT2D eigenvalue weighted by Crippen LogP contribution is -2.46. The fraction of sp³-hybridized carbons (Fsp3) is 0.500. The zero-order chi connectivity index (χ0) is 10.9. The molecule has 1 N–H and O–H groups in total. The second kappa shape index (κ2) is 4.11. The first-order valence-electron chi connectivity index (χ1n) is 5.25. The van der Waals surface area contributed by atoms with Gasteiger partial charge < -0.3 is 5.32 Å². The minimum atomic E-state index is -0.713. The first kappa shape index (κ1) is 10.9. The molecule has 0 spiro atoms. The number of hydrogen-bond acceptors (Lipinski definition) is 1. The Kier molecular flexibility index (Phi) is 2.98. The third-order valence-electron chi connectivity index (χ3n) is 3.06. The maximum Gasteiger partial charge on any atom is 0.103 e. The standard InChI is InChI=1S/C12H15ClFN/c1-12(8-11(14)5-6-15-12)9-3-2-4-10(13)7-9/h2-4,7,11,15H,5-6,8H2,1H3. The number of hydrogen-bond donors (Lipinski definition) is 1. The van der Waals surface area contributed by atoms with Gasteiger partial charge in [0.05, 0.1) is 0 Å². The molecular weight excluding hydrogens is 213 g/mol. The van der Waals surface area contributed by atoms with Crippen LogP contribution in [-0.4, -0.2) is 12.7 Å². The van der Waals surface area contributed by atoms with Crippen molar-refractivity contribution in [1.82, 2.24) is 5.32 Å². The molecule has 15 heavy (non-hydrogen) atoms. The van der Waals surface area contributed by atoms with E-state index in [1.807, 2.05) is 31.2 Å². The van der Waals surface area contributed by atoms with Gasteiger partial charge in [0.25, 0.3) is 0 Å². The van der Waals surface area contributed by atoms with E-state index in [9.17, 15) is 4.39 Å². The number of rotatable bonds is 1. The molecular formula is C12H15ClFN. The molecule has 0 aliphatic carbocycles. The minimum Gasteiger partial charge on any atom is -0.307 e. The highest BCUT2D eigenvalue weighted by Gasteiger charge is 2.33. The Morgan fingerprint density at radius 2 is 2.33 bits per heavy atom. The van der Waals surface area contributed by atoms with Gasteiger partial charge in [0.1, 0.15) is 6.17 Å². The van der Waals surface area contributed by atoms with Gasteiger partial charge in [-0.05, 0) is 37.6 Å². The van der Waals surface area contributed by atoms with Crippen molar-refractivity contribution in [1.29, 1.82) is 0 Å². The van der Waals surface area contributed by atoms with Crippen molar-refractivity contribution < 1.29 is 4.39 Å². The molecule has 0 amide bonds. The summed E-state index contributed by atoms with van der Waals surface area (Å²) in [6, 6.07) is 7.65. The smallest absolute Gasteiger partial charge is 0.103 e. The molecule has 82 valence electrons. The highest BCUT2D eigenvalue weighted by atomic mass is 35.5. The highest BCUT2D eigenvalue weighted by Crippen LogP contribution is 2.32. The van der Waals surface area contributed by atoms with Gasteiger partial charge in [0.2, 0.25) is 0 Å². The van der Waals surface area contributed by atoms with Crippen LogP contribution in [0, 0.1) is 0 Å². The van der Waals surface area contributed by atoms with E-state index < -0.39 is 6.17 Å². The van der Waals surface area contributed by atoms with E-state index in [-0.39, 0.29) is 5.54 Å². The van der Waals surface area contributed by atoms with Gasteiger partial charge in [0, 0.05) is 17.0 Å². The molecule has 3 heteroatoms. The molecule has 0 radical (unpaired) electrons. The van der Waals surface area contributed by atoms with Crippen molar-refractivity contribution in [2.75, 3.05) is 6.54 Å². The predicted octanol–water partition coefficient (Wildman–Crippen LogP) is 3.28. The van der Waals surface area contributed by atoms with Gasteiger partial charge in [-0.25, -0.2) is 4.39 Å². The van der Waals surface area contributed by atoms with E-state index >= 15 is 0 Å². The van der Waals surface area contributed by atoms with Gasteiger partial charge in [0.15, 0.2) is 0 Å². The lowest BCUT2D eigenvalue weighted by molar-refractivity contribution is 0.165. The fourth-order valence-corrected chi connectivity index (χ4v) is 2.36. The molecule has 1 nitrogen and oxygen atoms in total. The molecule has 1 heterocycles. The van der Waals surface area contributed by atoms with Crippen LogP contribution in [0.2, 0.25) is 5.02 Å². The number of piperidine rings is 1. The third-order valence-corrected chi connectivity index (χ3v) is 3.30. The number of halogens is 2. The van der Waals surface area contributed by atoms with Gasteiger partial charge >= 0.3 is 0 Å². The van der Waals surface area contributed by atoms with Gasteiger partial charge in [-0.2, -0.15) is 0 Å². The molecule has 1 aliphatic rings. The highest BCUT2D eigenvalue weighted by molar-refractivity contribution is 6.30. The van der Waals surface area contributed by atoms with Crippen LogP contribution in [0.25, 0.3) is 0 Å². The number of alkyl halides is 1. The van der Waals surface area contributed by atoms with Crippen LogP contribution in [-0.2, 0) is 5.54 Å². The molecule has 0 bridgehead atoms. The molecule has 1 aromatic rings. The van der Waals surface area contributed by atoms with Gasteiger partial charge in [-0.3, -0.25) is 0 Å². The summed E-state index contributed by atoms with van der Waals surface area (Å²) in [6.07, 6.45) is 0.416. The molecule has 2 rings (SSSR count). The monoisotopic (exact) mass is 227 g/mol. The summed E-state index contributed by atoms with van der Waals surface area (Å²) in [5.41, 5.74) is 0.792. The summed E-state index contributed by atoms with van der Waals surface area (Å²) in [6.45, 7) is 2.76. The molecule has 1 aromatic carbocycles. The van der Waals surface area contributed by atoms with Crippen molar-refractivity contribution in [2.24, 2.45) is 0 Å². The van der Waals surface area contributed by atoms with Crippen LogP contribution in [0.15, 0.2) is 24.3 Å². The molecule has 1 saturated heterocycles. The molecule has 0 aromatic heterocycles. The van der Waals surface area contributed by atoms with Gasteiger partial charge in [-0.15, -0.1) is 0 Å². The third kappa shape index (κ3) is 2.32. The van der Waals surface area contributed by atoms with E-state index in [0.29, 0.717) is 17.9 Å². The quantitative estimate of drug-likeness (QED) is 0.777. The minimum absolute atomic E-state index is 0.275. The van der Waals surface area contributed by atoms with Crippen molar-refractivity contribution in [3.8, 4) is 0 Å².